The Bertz CT molecular complexity index is 1030. The van der Waals surface area contributed by atoms with Crippen LogP contribution in [0.1, 0.15) is 23.0 Å². The van der Waals surface area contributed by atoms with E-state index in [1.54, 1.807) is 28.9 Å². The van der Waals surface area contributed by atoms with Gasteiger partial charge >= 0.3 is 0 Å². The van der Waals surface area contributed by atoms with Crippen LogP contribution in [0.5, 0.6) is 5.75 Å². The Balaban J connectivity index is 1.61. The van der Waals surface area contributed by atoms with Crippen LogP contribution in [0.25, 0.3) is 5.69 Å². The van der Waals surface area contributed by atoms with Crippen LogP contribution in [0.4, 0.5) is 10.1 Å². The maximum atomic E-state index is 13.2. The third-order valence-electron chi connectivity index (χ3n) is 4.38. The minimum absolute atomic E-state index is 0.0594. The van der Waals surface area contributed by atoms with Crippen molar-refractivity contribution in [1.82, 2.24) is 20.6 Å². The van der Waals surface area contributed by atoms with Gasteiger partial charge in [0.2, 0.25) is 0 Å². The third-order valence-corrected chi connectivity index (χ3v) is 4.38. The number of hydrazine groups is 1. The Morgan fingerprint density at radius 3 is 2.53 bits per heavy atom. The number of para-hydroxylation sites is 2. The largest absolute Gasteiger partial charge is 0.495 e. The Labute approximate surface area is 173 Å². The van der Waals surface area contributed by atoms with Gasteiger partial charge in [0.05, 0.1) is 42.5 Å². The molecule has 0 fully saturated rings. The molecule has 3 aromatic rings. The summed E-state index contributed by atoms with van der Waals surface area (Å²) in [5, 5.41) is 7.17. The number of carbonyl (C=O) groups excluding carboxylic acids is 2. The first-order chi connectivity index (χ1) is 14.5. The second kappa shape index (κ2) is 9.55. The lowest BCUT2D eigenvalue weighted by Gasteiger charge is -2.12. The fourth-order valence-electron chi connectivity index (χ4n) is 2.91. The van der Waals surface area contributed by atoms with Crippen LogP contribution < -0.4 is 20.9 Å². The van der Waals surface area contributed by atoms with Crippen molar-refractivity contribution in [2.24, 2.45) is 0 Å². The van der Waals surface area contributed by atoms with Gasteiger partial charge in [0, 0.05) is 0 Å². The quantitative estimate of drug-likeness (QED) is 0.519. The summed E-state index contributed by atoms with van der Waals surface area (Å²) in [7, 11) is 1.54. The molecule has 0 spiro atoms. The lowest BCUT2D eigenvalue weighted by molar-refractivity contribution is -0.120. The van der Waals surface area contributed by atoms with Gasteiger partial charge in [-0.3, -0.25) is 20.4 Å². The van der Waals surface area contributed by atoms with Gasteiger partial charge in [-0.25, -0.2) is 9.07 Å². The number of methoxy groups -OCH3 is 1. The first-order valence-electron chi connectivity index (χ1n) is 9.32. The average molecular weight is 411 g/mol. The minimum atomic E-state index is -0.495. The summed E-state index contributed by atoms with van der Waals surface area (Å²) in [6.07, 6.45) is 1.93. The van der Waals surface area contributed by atoms with Crippen LogP contribution in [0, 0.1) is 5.82 Å². The van der Waals surface area contributed by atoms with Crippen LogP contribution in [0.3, 0.4) is 0 Å². The molecule has 3 N–H and O–H groups in total. The van der Waals surface area contributed by atoms with Crippen molar-refractivity contribution in [3.8, 4) is 11.4 Å². The van der Waals surface area contributed by atoms with E-state index in [2.05, 4.69) is 21.3 Å². The van der Waals surface area contributed by atoms with Crippen molar-refractivity contribution in [2.45, 2.75) is 13.3 Å². The van der Waals surface area contributed by atoms with E-state index < -0.39 is 11.8 Å². The van der Waals surface area contributed by atoms with E-state index in [0.717, 1.165) is 0 Å². The van der Waals surface area contributed by atoms with Gasteiger partial charge in [-0.2, -0.15) is 5.10 Å². The second-order valence-corrected chi connectivity index (χ2v) is 6.30. The maximum absolute atomic E-state index is 13.2. The molecule has 2 amide bonds. The highest BCUT2D eigenvalue weighted by atomic mass is 19.1. The van der Waals surface area contributed by atoms with Crippen molar-refractivity contribution >= 4 is 17.5 Å². The third kappa shape index (κ3) is 4.75. The molecule has 3 rings (SSSR count). The van der Waals surface area contributed by atoms with Gasteiger partial charge < -0.3 is 10.1 Å². The van der Waals surface area contributed by atoms with Gasteiger partial charge in [-0.15, -0.1) is 0 Å². The number of nitrogens with one attached hydrogen (secondary N) is 3. The highest BCUT2D eigenvalue weighted by molar-refractivity contribution is 5.96. The van der Waals surface area contributed by atoms with Crippen molar-refractivity contribution in [2.75, 3.05) is 19.0 Å². The molecule has 0 saturated heterocycles. The first-order valence-corrected chi connectivity index (χ1v) is 9.32. The zero-order valence-electron chi connectivity index (χ0n) is 16.6. The van der Waals surface area contributed by atoms with E-state index in [0.29, 0.717) is 34.8 Å². The normalized spacial score (nSPS) is 10.4. The lowest BCUT2D eigenvalue weighted by Crippen LogP contribution is -2.44. The summed E-state index contributed by atoms with van der Waals surface area (Å²) in [5.41, 5.74) is 7.01. The highest BCUT2D eigenvalue weighted by Gasteiger charge is 2.18. The highest BCUT2D eigenvalue weighted by Crippen LogP contribution is 2.22. The fourth-order valence-corrected chi connectivity index (χ4v) is 2.91. The molecule has 30 heavy (non-hydrogen) atoms. The van der Waals surface area contributed by atoms with Crippen LogP contribution in [-0.4, -0.2) is 35.2 Å². The average Bonchev–Trinajstić information content (AvgIpc) is 3.20. The predicted molar refractivity (Wildman–Crippen MR) is 110 cm³/mol. The van der Waals surface area contributed by atoms with E-state index in [4.69, 9.17) is 4.74 Å². The number of anilines is 1. The van der Waals surface area contributed by atoms with Crippen molar-refractivity contribution in [3.05, 3.63) is 71.8 Å². The van der Waals surface area contributed by atoms with Crippen molar-refractivity contribution < 1.29 is 18.7 Å². The van der Waals surface area contributed by atoms with Crippen molar-refractivity contribution in [1.29, 1.82) is 0 Å². The molecule has 0 aliphatic carbocycles. The molecule has 8 nitrogen and oxygen atoms in total. The molecule has 9 heteroatoms. The number of amides is 2. The molecule has 1 aromatic heterocycles. The zero-order chi connectivity index (χ0) is 21.5. The summed E-state index contributed by atoms with van der Waals surface area (Å²) in [6.45, 7) is 1.82. The van der Waals surface area contributed by atoms with Gasteiger partial charge in [0.1, 0.15) is 11.6 Å². The number of carbonyl (C=O) groups is 2. The Kier molecular flexibility index (Phi) is 6.63. The molecule has 1 heterocycles. The zero-order valence-corrected chi connectivity index (χ0v) is 16.6. The molecule has 0 aliphatic rings. The van der Waals surface area contributed by atoms with Gasteiger partial charge in [-0.1, -0.05) is 19.1 Å². The van der Waals surface area contributed by atoms with Crippen LogP contribution >= 0.6 is 0 Å². The molecule has 156 valence electrons. The van der Waals surface area contributed by atoms with Crippen LogP contribution in [0.15, 0.2) is 54.7 Å². The minimum Gasteiger partial charge on any atom is -0.495 e. The van der Waals surface area contributed by atoms with E-state index in [1.165, 1.54) is 25.4 Å². The topological polar surface area (TPSA) is 97.3 Å². The fraction of sp³-hybridized carbons (Fsp3) is 0.190. The summed E-state index contributed by atoms with van der Waals surface area (Å²) in [4.78, 5) is 24.6. The Morgan fingerprint density at radius 1 is 1.10 bits per heavy atom. The summed E-state index contributed by atoms with van der Waals surface area (Å²) in [6, 6.07) is 13.0. The first kappa shape index (κ1) is 20.8. The maximum Gasteiger partial charge on any atom is 0.273 e. The molecular weight excluding hydrogens is 389 g/mol. The molecule has 0 radical (unpaired) electrons. The molecule has 0 unspecified atom stereocenters. The van der Waals surface area contributed by atoms with E-state index >= 15 is 0 Å². The van der Waals surface area contributed by atoms with Gasteiger partial charge in [0.25, 0.3) is 11.8 Å². The standard InChI is InChI=1S/C21H22FN5O3/c1-3-18-16(12-24-27(18)15-10-8-14(22)9-11-15)21(29)26-25-20(28)13-23-17-6-4-5-7-19(17)30-2/h4-12,23H,3,13H2,1-2H3,(H,25,28)(H,26,29). The molecule has 0 saturated carbocycles. The van der Waals surface area contributed by atoms with E-state index in [1.807, 2.05) is 19.1 Å². The SMILES string of the molecule is CCc1c(C(=O)NNC(=O)CNc2ccccc2OC)cnn1-c1ccc(F)cc1. The molecule has 2 aromatic carbocycles. The number of ether oxygens (including phenoxy) is 1. The smallest absolute Gasteiger partial charge is 0.273 e. The Hall–Kier alpha value is -3.88. The number of hydrogen-bond donors (Lipinski definition) is 3. The van der Waals surface area contributed by atoms with E-state index in [-0.39, 0.29) is 12.4 Å². The molecule has 0 atom stereocenters. The predicted octanol–water partition coefficient (Wildman–Crippen LogP) is 2.46. The van der Waals surface area contributed by atoms with Gasteiger partial charge in [0.15, 0.2) is 0 Å². The number of rotatable bonds is 7. The van der Waals surface area contributed by atoms with Crippen LogP contribution in [0.2, 0.25) is 0 Å². The molecule has 0 bridgehead atoms. The number of benzene rings is 2. The number of nitrogens with zero attached hydrogens (tertiary/aromatic N) is 2. The summed E-state index contributed by atoms with van der Waals surface area (Å²) >= 11 is 0. The van der Waals surface area contributed by atoms with Crippen LogP contribution in [-0.2, 0) is 11.2 Å². The monoisotopic (exact) mass is 411 g/mol. The van der Waals surface area contributed by atoms with E-state index in [9.17, 15) is 14.0 Å². The lowest BCUT2D eigenvalue weighted by atomic mass is 10.2. The summed E-state index contributed by atoms with van der Waals surface area (Å²) < 4.78 is 19.9. The summed E-state index contributed by atoms with van der Waals surface area (Å²) in [5.74, 6) is -0.675. The molecular formula is C21H22FN5O3. The molecule has 0 aliphatic heterocycles. The van der Waals surface area contributed by atoms with Crippen molar-refractivity contribution in [3.63, 3.8) is 0 Å². The van der Waals surface area contributed by atoms with Gasteiger partial charge in [-0.05, 0) is 42.8 Å². The second-order valence-electron chi connectivity index (χ2n) is 6.30. The number of hydrogen-bond acceptors (Lipinski definition) is 5. The number of aromatic nitrogens is 2. The Morgan fingerprint density at radius 2 is 1.83 bits per heavy atom. The number of halogens is 1.